The molecule has 0 aromatic heterocycles. The average molecular weight is 306 g/mol. The molecule has 1 fully saturated rings. The second-order valence-electron chi connectivity index (χ2n) is 6.79. The van der Waals surface area contributed by atoms with E-state index in [0.717, 1.165) is 32.2 Å². The molecule has 21 heavy (non-hydrogen) atoms. The third-order valence-corrected chi connectivity index (χ3v) is 5.82. The molecular formula is C18H24ClNO. The summed E-state index contributed by atoms with van der Waals surface area (Å²) in [4.78, 5) is 12.5. The number of alkyl halides is 1. The van der Waals surface area contributed by atoms with Gasteiger partial charge in [-0.15, -0.1) is 11.6 Å². The van der Waals surface area contributed by atoms with Crippen LogP contribution in [0, 0.1) is 11.3 Å². The van der Waals surface area contributed by atoms with Gasteiger partial charge in [0.05, 0.1) is 0 Å². The molecule has 114 valence electrons. The molecule has 0 radical (unpaired) electrons. The smallest absolute Gasteiger partial charge is 0.223 e. The molecule has 0 atom stereocenters. The van der Waals surface area contributed by atoms with Crippen molar-refractivity contribution in [3.8, 4) is 0 Å². The van der Waals surface area contributed by atoms with Crippen molar-refractivity contribution in [2.45, 2.75) is 44.9 Å². The van der Waals surface area contributed by atoms with Gasteiger partial charge in [-0.3, -0.25) is 4.79 Å². The number of fused-ring (bicyclic) bond motifs is 1. The van der Waals surface area contributed by atoms with Gasteiger partial charge in [0.2, 0.25) is 5.91 Å². The molecule has 1 amide bonds. The Kier molecular flexibility index (Phi) is 4.54. The van der Waals surface area contributed by atoms with Gasteiger partial charge in [-0.1, -0.05) is 43.5 Å². The number of benzene rings is 1. The van der Waals surface area contributed by atoms with Crippen LogP contribution in [-0.2, 0) is 17.6 Å². The van der Waals surface area contributed by atoms with Crippen molar-refractivity contribution in [1.82, 2.24) is 5.32 Å². The molecule has 1 aromatic rings. The first-order valence-corrected chi connectivity index (χ1v) is 8.66. The van der Waals surface area contributed by atoms with Gasteiger partial charge in [0.15, 0.2) is 0 Å². The van der Waals surface area contributed by atoms with Gasteiger partial charge in [0.1, 0.15) is 0 Å². The largest absolute Gasteiger partial charge is 0.355 e. The van der Waals surface area contributed by atoms with Gasteiger partial charge in [0.25, 0.3) is 0 Å². The van der Waals surface area contributed by atoms with Gasteiger partial charge < -0.3 is 5.32 Å². The molecule has 3 rings (SSSR count). The van der Waals surface area contributed by atoms with E-state index in [1.54, 1.807) is 0 Å². The highest BCUT2D eigenvalue weighted by molar-refractivity contribution is 6.18. The van der Waals surface area contributed by atoms with E-state index < -0.39 is 0 Å². The van der Waals surface area contributed by atoms with Crippen LogP contribution in [-0.4, -0.2) is 18.3 Å². The number of carbonyl (C=O) groups is 1. The first kappa shape index (κ1) is 14.9. The maximum Gasteiger partial charge on any atom is 0.223 e. The van der Waals surface area contributed by atoms with Crippen LogP contribution in [0.3, 0.4) is 0 Å². The number of halogens is 1. The summed E-state index contributed by atoms with van der Waals surface area (Å²) in [5.74, 6) is 0.984. The molecule has 1 N–H and O–H groups in total. The number of rotatable bonds is 4. The van der Waals surface area contributed by atoms with Crippen LogP contribution in [0.25, 0.3) is 0 Å². The molecule has 0 unspecified atom stereocenters. The molecule has 3 heteroatoms. The molecule has 0 bridgehead atoms. The SMILES string of the molecule is O=C(NCC1(CCl)CCCCC1)C1Cc2ccccc2C1. The van der Waals surface area contributed by atoms with Crippen molar-refractivity contribution in [2.75, 3.05) is 12.4 Å². The second kappa shape index (κ2) is 6.39. The standard InChI is InChI=1S/C18H24ClNO/c19-12-18(8-4-1-5-9-18)13-20-17(21)16-10-14-6-2-3-7-15(14)11-16/h2-3,6-7,16H,1,4-5,8-13H2,(H,20,21). The molecule has 2 aliphatic rings. The van der Waals surface area contributed by atoms with E-state index in [9.17, 15) is 4.79 Å². The fourth-order valence-corrected chi connectivity index (χ4v) is 4.18. The zero-order chi connectivity index (χ0) is 14.7. The first-order chi connectivity index (χ1) is 10.2. The van der Waals surface area contributed by atoms with Gasteiger partial charge in [0, 0.05) is 23.8 Å². The number of hydrogen-bond acceptors (Lipinski definition) is 1. The Morgan fingerprint density at radius 3 is 2.33 bits per heavy atom. The summed E-state index contributed by atoms with van der Waals surface area (Å²) in [6.45, 7) is 0.752. The second-order valence-corrected chi connectivity index (χ2v) is 7.05. The minimum atomic E-state index is 0.110. The lowest BCUT2D eigenvalue weighted by Crippen LogP contribution is -2.42. The van der Waals surface area contributed by atoms with Gasteiger partial charge in [-0.05, 0) is 36.8 Å². The monoisotopic (exact) mass is 305 g/mol. The van der Waals surface area contributed by atoms with Crippen molar-refractivity contribution in [3.63, 3.8) is 0 Å². The molecule has 0 heterocycles. The Hall–Kier alpha value is -1.02. The summed E-state index contributed by atoms with van der Waals surface area (Å²) in [5.41, 5.74) is 2.81. The summed E-state index contributed by atoms with van der Waals surface area (Å²) < 4.78 is 0. The zero-order valence-corrected chi connectivity index (χ0v) is 13.3. The highest BCUT2D eigenvalue weighted by Gasteiger charge is 2.33. The third-order valence-electron chi connectivity index (χ3n) is 5.26. The Bertz CT molecular complexity index is 483. The lowest BCUT2D eigenvalue weighted by Gasteiger charge is -2.35. The van der Waals surface area contributed by atoms with Crippen molar-refractivity contribution in [1.29, 1.82) is 0 Å². The fraction of sp³-hybridized carbons (Fsp3) is 0.611. The topological polar surface area (TPSA) is 29.1 Å². The van der Waals surface area contributed by atoms with Crippen LogP contribution in [0.4, 0.5) is 0 Å². The van der Waals surface area contributed by atoms with E-state index >= 15 is 0 Å². The van der Waals surface area contributed by atoms with E-state index in [0.29, 0.717) is 5.88 Å². The number of nitrogens with one attached hydrogen (secondary N) is 1. The van der Waals surface area contributed by atoms with Gasteiger partial charge in [-0.2, -0.15) is 0 Å². The predicted molar refractivity (Wildman–Crippen MR) is 86.6 cm³/mol. The van der Waals surface area contributed by atoms with E-state index in [-0.39, 0.29) is 17.2 Å². The summed E-state index contributed by atoms with van der Waals surface area (Å²) in [5, 5.41) is 3.20. The van der Waals surface area contributed by atoms with Crippen LogP contribution in [0.2, 0.25) is 0 Å². The van der Waals surface area contributed by atoms with E-state index in [1.807, 2.05) is 0 Å². The van der Waals surface area contributed by atoms with Crippen LogP contribution in [0.5, 0.6) is 0 Å². The highest BCUT2D eigenvalue weighted by Crippen LogP contribution is 2.37. The summed E-state index contributed by atoms with van der Waals surface area (Å²) in [7, 11) is 0. The normalized spacial score (nSPS) is 21.0. The third kappa shape index (κ3) is 3.26. The summed E-state index contributed by atoms with van der Waals surface area (Å²) in [6.07, 6.45) is 7.88. The lowest BCUT2D eigenvalue weighted by molar-refractivity contribution is -0.125. The van der Waals surface area contributed by atoms with Gasteiger partial charge in [-0.25, -0.2) is 0 Å². The number of amides is 1. The minimum absolute atomic E-state index is 0.110. The van der Waals surface area contributed by atoms with E-state index in [2.05, 4.69) is 29.6 Å². The maximum absolute atomic E-state index is 12.5. The summed E-state index contributed by atoms with van der Waals surface area (Å²) >= 11 is 6.20. The number of carbonyl (C=O) groups excluding carboxylic acids is 1. The van der Waals surface area contributed by atoms with E-state index in [1.165, 1.54) is 30.4 Å². The Labute approximate surface area is 132 Å². The molecule has 1 saturated carbocycles. The highest BCUT2D eigenvalue weighted by atomic mass is 35.5. The first-order valence-electron chi connectivity index (χ1n) is 8.13. The molecule has 0 saturated heterocycles. The molecular weight excluding hydrogens is 282 g/mol. The van der Waals surface area contributed by atoms with Crippen LogP contribution < -0.4 is 5.32 Å². The number of hydrogen-bond donors (Lipinski definition) is 1. The molecule has 0 spiro atoms. The quantitative estimate of drug-likeness (QED) is 0.844. The van der Waals surface area contributed by atoms with Crippen molar-refractivity contribution in [3.05, 3.63) is 35.4 Å². The predicted octanol–water partition coefficient (Wildman–Crippen LogP) is 3.71. The summed E-state index contributed by atoms with van der Waals surface area (Å²) in [6, 6.07) is 8.40. The van der Waals surface area contributed by atoms with Gasteiger partial charge >= 0.3 is 0 Å². The Morgan fingerprint density at radius 1 is 1.14 bits per heavy atom. The lowest BCUT2D eigenvalue weighted by atomic mass is 9.75. The average Bonchev–Trinajstić information content (AvgIpc) is 2.97. The molecule has 2 nitrogen and oxygen atoms in total. The van der Waals surface area contributed by atoms with Crippen molar-refractivity contribution >= 4 is 17.5 Å². The zero-order valence-electron chi connectivity index (χ0n) is 12.5. The van der Waals surface area contributed by atoms with Crippen LogP contribution >= 0.6 is 11.6 Å². The maximum atomic E-state index is 12.5. The van der Waals surface area contributed by atoms with Crippen molar-refractivity contribution in [2.24, 2.45) is 11.3 Å². The van der Waals surface area contributed by atoms with Crippen molar-refractivity contribution < 1.29 is 4.79 Å². The van der Waals surface area contributed by atoms with E-state index in [4.69, 9.17) is 11.6 Å². The minimum Gasteiger partial charge on any atom is -0.355 e. The Balaban J connectivity index is 1.55. The Morgan fingerprint density at radius 2 is 1.76 bits per heavy atom. The molecule has 0 aliphatic heterocycles. The van der Waals surface area contributed by atoms with Crippen LogP contribution in [0.15, 0.2) is 24.3 Å². The fourth-order valence-electron chi connectivity index (χ4n) is 3.82. The molecule has 2 aliphatic carbocycles. The molecule has 1 aromatic carbocycles. The van der Waals surface area contributed by atoms with Crippen LogP contribution in [0.1, 0.15) is 43.2 Å².